The van der Waals surface area contributed by atoms with Crippen LogP contribution in [-0.4, -0.2) is 41.6 Å². The molecule has 2 aromatic carbocycles. The van der Waals surface area contributed by atoms with Crippen molar-refractivity contribution < 1.29 is 9.84 Å². The van der Waals surface area contributed by atoms with Gasteiger partial charge in [0.1, 0.15) is 5.75 Å². The average Bonchev–Trinajstić information content (AvgIpc) is 2.77. The Labute approximate surface area is 192 Å². The normalized spacial score (nSPS) is 15.8. The van der Waals surface area contributed by atoms with Gasteiger partial charge in [0.2, 0.25) is 0 Å². The lowest BCUT2D eigenvalue weighted by Gasteiger charge is -2.31. The van der Waals surface area contributed by atoms with Gasteiger partial charge in [0.15, 0.2) is 11.6 Å². The summed E-state index contributed by atoms with van der Waals surface area (Å²) >= 11 is 6.22. The monoisotopic (exact) mass is 459 g/mol. The van der Waals surface area contributed by atoms with Crippen LogP contribution in [0.5, 0.6) is 5.75 Å². The molecule has 0 unspecified atom stereocenters. The Bertz CT molecular complexity index is 1120. The molecule has 7 nitrogen and oxygen atoms in total. The topological polar surface area (TPSA) is 94.3 Å². The SMILES string of the molecule is COc1ccc(CNc2nnc(N3CCC[C@@H](O)C3)c3ccc(C#N)cc23)cc1Cl.Cl. The molecule has 1 aliphatic rings. The lowest BCUT2D eigenvalue weighted by Crippen LogP contribution is -2.39. The predicted molar refractivity (Wildman–Crippen MR) is 124 cm³/mol. The minimum atomic E-state index is -0.369. The van der Waals surface area contributed by atoms with Gasteiger partial charge in [-0.2, -0.15) is 5.26 Å². The molecule has 0 aliphatic carbocycles. The van der Waals surface area contributed by atoms with Crippen LogP contribution in [0, 0.1) is 11.3 Å². The third-order valence-electron chi connectivity index (χ3n) is 5.26. The molecule has 0 bridgehead atoms. The smallest absolute Gasteiger partial charge is 0.159 e. The van der Waals surface area contributed by atoms with E-state index in [0.717, 1.165) is 41.5 Å². The number of rotatable bonds is 5. The van der Waals surface area contributed by atoms with Gasteiger partial charge in [0.05, 0.1) is 29.9 Å². The standard InChI is InChI=1S/C22H22ClN5O2.ClH/c1-30-20-7-5-15(10-19(20)23)12-25-21-18-9-14(11-24)4-6-17(18)22(27-26-21)28-8-2-3-16(29)13-28;/h4-7,9-10,16,29H,2-3,8,12-13H2,1H3,(H,25,26);1H/t16-;/m1./s1. The molecule has 1 aliphatic heterocycles. The number of β-amino-alcohol motifs (C(OH)–C–C–N with tert-alkyl or cyclic N) is 1. The number of hydrogen-bond acceptors (Lipinski definition) is 7. The summed E-state index contributed by atoms with van der Waals surface area (Å²) in [6, 6.07) is 13.3. The molecule has 1 aromatic heterocycles. The molecule has 3 aromatic rings. The van der Waals surface area contributed by atoms with Gasteiger partial charge in [-0.3, -0.25) is 0 Å². The first-order valence-corrected chi connectivity index (χ1v) is 10.2. The van der Waals surface area contributed by atoms with Crippen LogP contribution in [0.2, 0.25) is 5.02 Å². The Hall–Kier alpha value is -2.79. The Morgan fingerprint density at radius 3 is 2.81 bits per heavy atom. The third-order valence-corrected chi connectivity index (χ3v) is 5.56. The number of hydrogen-bond donors (Lipinski definition) is 2. The van der Waals surface area contributed by atoms with Gasteiger partial charge in [0.25, 0.3) is 0 Å². The molecular weight excluding hydrogens is 437 g/mol. The van der Waals surface area contributed by atoms with E-state index < -0.39 is 0 Å². The first-order valence-electron chi connectivity index (χ1n) is 9.79. The number of halogens is 2. The second-order valence-electron chi connectivity index (χ2n) is 7.31. The molecule has 162 valence electrons. The quantitative estimate of drug-likeness (QED) is 0.591. The van der Waals surface area contributed by atoms with Crippen molar-refractivity contribution >= 4 is 46.4 Å². The van der Waals surface area contributed by atoms with Crippen molar-refractivity contribution in [2.75, 3.05) is 30.4 Å². The highest BCUT2D eigenvalue weighted by Gasteiger charge is 2.22. The molecule has 0 amide bonds. The van der Waals surface area contributed by atoms with E-state index >= 15 is 0 Å². The minimum Gasteiger partial charge on any atom is -0.495 e. The molecule has 0 spiro atoms. The number of piperidine rings is 1. The summed E-state index contributed by atoms with van der Waals surface area (Å²) in [6.45, 7) is 1.84. The minimum absolute atomic E-state index is 0. The van der Waals surface area contributed by atoms with Crippen LogP contribution >= 0.6 is 24.0 Å². The summed E-state index contributed by atoms with van der Waals surface area (Å²) in [7, 11) is 1.58. The van der Waals surface area contributed by atoms with E-state index in [0.29, 0.717) is 35.2 Å². The van der Waals surface area contributed by atoms with E-state index in [9.17, 15) is 10.4 Å². The number of aromatic nitrogens is 2. The first-order chi connectivity index (χ1) is 14.6. The molecule has 1 fully saturated rings. The number of nitriles is 1. The van der Waals surface area contributed by atoms with E-state index in [2.05, 4.69) is 26.5 Å². The molecule has 0 radical (unpaired) electrons. The molecule has 2 N–H and O–H groups in total. The maximum Gasteiger partial charge on any atom is 0.159 e. The van der Waals surface area contributed by atoms with Crippen LogP contribution in [0.1, 0.15) is 24.0 Å². The maximum absolute atomic E-state index is 10.1. The Kier molecular flexibility index (Phi) is 7.39. The lowest BCUT2D eigenvalue weighted by atomic mass is 10.1. The van der Waals surface area contributed by atoms with E-state index in [-0.39, 0.29) is 18.5 Å². The molecule has 31 heavy (non-hydrogen) atoms. The number of fused-ring (bicyclic) bond motifs is 1. The Balaban J connectivity index is 0.00000272. The van der Waals surface area contributed by atoms with Crippen molar-refractivity contribution in [2.45, 2.75) is 25.5 Å². The van der Waals surface area contributed by atoms with Crippen LogP contribution < -0.4 is 15.0 Å². The number of nitrogens with one attached hydrogen (secondary N) is 1. The van der Waals surface area contributed by atoms with E-state index in [1.807, 2.05) is 30.3 Å². The molecule has 4 rings (SSSR count). The number of anilines is 2. The van der Waals surface area contributed by atoms with Crippen molar-refractivity contribution in [3.8, 4) is 11.8 Å². The summed E-state index contributed by atoms with van der Waals surface area (Å²) in [5, 5.41) is 33.8. The van der Waals surface area contributed by atoms with Crippen LogP contribution in [0.15, 0.2) is 36.4 Å². The fourth-order valence-electron chi connectivity index (χ4n) is 3.73. The zero-order valence-electron chi connectivity index (χ0n) is 17.0. The highest BCUT2D eigenvalue weighted by atomic mass is 35.5. The third kappa shape index (κ3) is 4.93. The number of benzene rings is 2. The Morgan fingerprint density at radius 2 is 2.10 bits per heavy atom. The number of aliphatic hydroxyl groups excluding tert-OH is 1. The van der Waals surface area contributed by atoms with Gasteiger partial charge < -0.3 is 20.1 Å². The summed E-state index contributed by atoms with van der Waals surface area (Å²) in [4.78, 5) is 2.06. The molecular formula is C22H23Cl2N5O2. The second kappa shape index (κ2) is 10.0. The van der Waals surface area contributed by atoms with Crippen molar-refractivity contribution in [1.29, 1.82) is 5.26 Å². The molecule has 9 heteroatoms. The highest BCUT2D eigenvalue weighted by Crippen LogP contribution is 2.31. The zero-order valence-corrected chi connectivity index (χ0v) is 18.6. The van der Waals surface area contributed by atoms with Gasteiger partial charge in [-0.1, -0.05) is 17.7 Å². The Morgan fingerprint density at radius 1 is 1.26 bits per heavy atom. The number of ether oxygens (including phenoxy) is 1. The summed E-state index contributed by atoms with van der Waals surface area (Å²) < 4.78 is 5.20. The number of methoxy groups -OCH3 is 1. The first kappa shape index (κ1) is 22.9. The average molecular weight is 460 g/mol. The molecule has 0 saturated carbocycles. The fraction of sp³-hybridized carbons (Fsp3) is 0.318. The van der Waals surface area contributed by atoms with E-state index in [1.165, 1.54) is 0 Å². The maximum atomic E-state index is 10.1. The largest absolute Gasteiger partial charge is 0.495 e. The summed E-state index contributed by atoms with van der Waals surface area (Å²) in [6.07, 6.45) is 1.33. The van der Waals surface area contributed by atoms with Crippen molar-refractivity contribution in [1.82, 2.24) is 10.2 Å². The van der Waals surface area contributed by atoms with Crippen LogP contribution in [0.3, 0.4) is 0 Å². The van der Waals surface area contributed by atoms with Gasteiger partial charge >= 0.3 is 0 Å². The second-order valence-corrected chi connectivity index (χ2v) is 7.72. The van der Waals surface area contributed by atoms with Crippen LogP contribution in [0.4, 0.5) is 11.6 Å². The number of aliphatic hydroxyl groups is 1. The lowest BCUT2D eigenvalue weighted by molar-refractivity contribution is 0.154. The van der Waals surface area contributed by atoms with Crippen molar-refractivity contribution in [3.05, 3.63) is 52.5 Å². The van der Waals surface area contributed by atoms with Gasteiger partial charge in [0, 0.05) is 30.4 Å². The van der Waals surface area contributed by atoms with E-state index in [1.54, 1.807) is 13.2 Å². The van der Waals surface area contributed by atoms with Gasteiger partial charge in [-0.15, -0.1) is 22.6 Å². The van der Waals surface area contributed by atoms with Gasteiger partial charge in [-0.05, 0) is 48.7 Å². The zero-order chi connectivity index (χ0) is 21.1. The van der Waals surface area contributed by atoms with Crippen molar-refractivity contribution in [3.63, 3.8) is 0 Å². The molecule has 2 heterocycles. The predicted octanol–water partition coefficient (Wildman–Crippen LogP) is 4.16. The fourth-order valence-corrected chi connectivity index (χ4v) is 4.01. The summed E-state index contributed by atoms with van der Waals surface area (Å²) in [5.41, 5.74) is 1.52. The van der Waals surface area contributed by atoms with Gasteiger partial charge in [-0.25, -0.2) is 0 Å². The van der Waals surface area contributed by atoms with E-state index in [4.69, 9.17) is 16.3 Å². The molecule has 1 atom stereocenters. The highest BCUT2D eigenvalue weighted by molar-refractivity contribution is 6.32. The number of nitrogens with zero attached hydrogens (tertiary/aromatic N) is 4. The summed E-state index contributed by atoms with van der Waals surface area (Å²) in [5.74, 6) is 1.94. The van der Waals surface area contributed by atoms with Crippen LogP contribution in [-0.2, 0) is 6.54 Å². The molecule has 1 saturated heterocycles. The van der Waals surface area contributed by atoms with Crippen molar-refractivity contribution in [2.24, 2.45) is 0 Å². The van der Waals surface area contributed by atoms with Crippen LogP contribution in [0.25, 0.3) is 10.8 Å².